The Kier molecular flexibility index (Phi) is 3.26. The minimum atomic E-state index is 0.0703. The zero-order valence-corrected chi connectivity index (χ0v) is 11.4. The van der Waals surface area contributed by atoms with Crippen LogP contribution in [0.3, 0.4) is 0 Å². The van der Waals surface area contributed by atoms with Crippen molar-refractivity contribution in [1.29, 1.82) is 0 Å². The summed E-state index contributed by atoms with van der Waals surface area (Å²) >= 11 is 5.95. The van der Waals surface area contributed by atoms with Gasteiger partial charge in [-0.15, -0.1) is 0 Å². The molecule has 0 N–H and O–H groups in total. The lowest BCUT2D eigenvalue weighted by Crippen LogP contribution is -2.15. The van der Waals surface area contributed by atoms with E-state index in [4.69, 9.17) is 16.3 Å². The lowest BCUT2D eigenvalue weighted by molar-refractivity contribution is 0.242. The Morgan fingerprint density at radius 3 is 2.95 bits per heavy atom. The lowest BCUT2D eigenvalue weighted by atomic mass is 10.1. The van der Waals surface area contributed by atoms with Gasteiger partial charge in [0.1, 0.15) is 6.10 Å². The SMILES string of the molecule is CC1=CCC(Oc2ccc3cc(Cl)ccc3n2)C=C1. The zero-order chi connectivity index (χ0) is 13.2. The average molecular weight is 272 g/mol. The first-order valence-corrected chi connectivity index (χ1v) is 6.66. The molecule has 0 fully saturated rings. The number of ether oxygens (including phenoxy) is 1. The van der Waals surface area contributed by atoms with Crippen molar-refractivity contribution in [1.82, 2.24) is 4.98 Å². The van der Waals surface area contributed by atoms with Gasteiger partial charge in [0, 0.05) is 22.9 Å². The Morgan fingerprint density at radius 2 is 2.16 bits per heavy atom. The number of fused-ring (bicyclic) bond motifs is 1. The minimum absolute atomic E-state index is 0.0703. The summed E-state index contributed by atoms with van der Waals surface area (Å²) in [5.74, 6) is 0.650. The summed E-state index contributed by atoms with van der Waals surface area (Å²) in [7, 11) is 0. The van der Waals surface area contributed by atoms with Crippen LogP contribution < -0.4 is 4.74 Å². The van der Waals surface area contributed by atoms with Crippen LogP contribution in [0.2, 0.25) is 5.02 Å². The van der Waals surface area contributed by atoms with Gasteiger partial charge in [0.2, 0.25) is 5.88 Å². The Labute approximate surface area is 117 Å². The third-order valence-corrected chi connectivity index (χ3v) is 3.38. The molecule has 96 valence electrons. The van der Waals surface area contributed by atoms with E-state index in [9.17, 15) is 0 Å². The highest BCUT2D eigenvalue weighted by atomic mass is 35.5. The molecule has 2 aromatic rings. The van der Waals surface area contributed by atoms with Gasteiger partial charge >= 0.3 is 0 Å². The third kappa shape index (κ3) is 2.79. The number of hydrogen-bond donors (Lipinski definition) is 0. The summed E-state index contributed by atoms with van der Waals surface area (Å²) in [5, 5.41) is 1.74. The fourth-order valence-electron chi connectivity index (χ4n) is 2.09. The highest BCUT2D eigenvalue weighted by molar-refractivity contribution is 6.31. The maximum absolute atomic E-state index is 5.95. The predicted octanol–water partition coefficient (Wildman–Crippen LogP) is 4.54. The van der Waals surface area contributed by atoms with Gasteiger partial charge in [-0.05, 0) is 37.3 Å². The molecular formula is C16H14ClNO. The summed E-state index contributed by atoms with van der Waals surface area (Å²) < 4.78 is 5.87. The molecule has 1 unspecified atom stereocenters. The highest BCUT2D eigenvalue weighted by Gasteiger charge is 2.10. The van der Waals surface area contributed by atoms with Crippen molar-refractivity contribution in [3.8, 4) is 5.88 Å². The van der Waals surface area contributed by atoms with Crippen molar-refractivity contribution >= 4 is 22.5 Å². The van der Waals surface area contributed by atoms with Crippen molar-refractivity contribution in [2.24, 2.45) is 0 Å². The molecule has 3 heteroatoms. The van der Waals surface area contributed by atoms with E-state index < -0.39 is 0 Å². The van der Waals surface area contributed by atoms with Crippen molar-refractivity contribution < 1.29 is 4.74 Å². The number of hydrogen-bond acceptors (Lipinski definition) is 2. The van der Waals surface area contributed by atoms with Crippen molar-refractivity contribution in [3.63, 3.8) is 0 Å². The fourth-order valence-corrected chi connectivity index (χ4v) is 2.27. The lowest BCUT2D eigenvalue weighted by Gasteiger charge is -2.16. The molecule has 0 radical (unpaired) electrons. The summed E-state index contributed by atoms with van der Waals surface area (Å²) in [6, 6.07) is 9.52. The standard InChI is InChI=1S/C16H14ClNO/c1-11-2-6-14(7-3-11)19-16-9-4-12-10-13(17)5-8-15(12)18-16/h2-6,8-10,14H,7H2,1H3. The molecule has 0 saturated heterocycles. The zero-order valence-electron chi connectivity index (χ0n) is 10.6. The second-order valence-corrected chi connectivity index (χ2v) is 5.12. The monoisotopic (exact) mass is 271 g/mol. The molecule has 1 aromatic heterocycles. The molecule has 0 saturated carbocycles. The second kappa shape index (κ2) is 5.06. The number of allylic oxidation sites excluding steroid dienone is 2. The largest absolute Gasteiger partial charge is 0.470 e. The molecule has 2 nitrogen and oxygen atoms in total. The van der Waals surface area contributed by atoms with E-state index in [1.165, 1.54) is 5.57 Å². The molecular weight excluding hydrogens is 258 g/mol. The maximum Gasteiger partial charge on any atom is 0.214 e. The van der Waals surface area contributed by atoms with Gasteiger partial charge in [0.05, 0.1) is 5.52 Å². The van der Waals surface area contributed by atoms with E-state index in [1.54, 1.807) is 0 Å². The van der Waals surface area contributed by atoms with E-state index in [0.717, 1.165) is 22.3 Å². The molecule has 19 heavy (non-hydrogen) atoms. The van der Waals surface area contributed by atoms with E-state index in [0.29, 0.717) is 5.88 Å². The van der Waals surface area contributed by atoms with Crippen LogP contribution in [0.25, 0.3) is 10.9 Å². The number of pyridine rings is 1. The van der Waals surface area contributed by atoms with Crippen LogP contribution in [0.1, 0.15) is 13.3 Å². The number of halogens is 1. The van der Waals surface area contributed by atoms with Crippen LogP contribution in [0, 0.1) is 0 Å². The topological polar surface area (TPSA) is 22.1 Å². The Balaban J connectivity index is 1.82. The molecule has 0 aliphatic heterocycles. The van der Waals surface area contributed by atoms with E-state index in [2.05, 4.69) is 30.1 Å². The minimum Gasteiger partial charge on any atom is -0.470 e. The predicted molar refractivity (Wildman–Crippen MR) is 78.7 cm³/mol. The van der Waals surface area contributed by atoms with Crippen LogP contribution >= 0.6 is 11.6 Å². The number of rotatable bonds is 2. The first kappa shape index (κ1) is 12.2. The number of aromatic nitrogens is 1. The second-order valence-electron chi connectivity index (χ2n) is 4.69. The molecule has 1 heterocycles. The van der Waals surface area contributed by atoms with Crippen LogP contribution in [0.4, 0.5) is 0 Å². The summed E-state index contributed by atoms with van der Waals surface area (Å²) in [6.45, 7) is 2.09. The van der Waals surface area contributed by atoms with Crippen LogP contribution in [-0.4, -0.2) is 11.1 Å². The van der Waals surface area contributed by atoms with Crippen LogP contribution in [0.15, 0.2) is 54.1 Å². The number of benzene rings is 1. The summed E-state index contributed by atoms with van der Waals surface area (Å²) in [4.78, 5) is 4.49. The van der Waals surface area contributed by atoms with Gasteiger partial charge in [-0.1, -0.05) is 29.3 Å². The molecule has 3 rings (SSSR count). The van der Waals surface area contributed by atoms with Crippen LogP contribution in [-0.2, 0) is 0 Å². The van der Waals surface area contributed by atoms with Gasteiger partial charge in [-0.3, -0.25) is 0 Å². The normalized spacial score (nSPS) is 18.4. The van der Waals surface area contributed by atoms with Crippen molar-refractivity contribution in [2.45, 2.75) is 19.4 Å². The van der Waals surface area contributed by atoms with Crippen molar-refractivity contribution in [3.05, 3.63) is 59.2 Å². The molecule has 1 atom stereocenters. The molecule has 1 aromatic carbocycles. The summed E-state index contributed by atoms with van der Waals surface area (Å²) in [6.07, 6.45) is 7.28. The Hall–Kier alpha value is -1.80. The quantitative estimate of drug-likeness (QED) is 0.800. The van der Waals surface area contributed by atoms with E-state index in [-0.39, 0.29) is 6.10 Å². The third-order valence-electron chi connectivity index (χ3n) is 3.14. The number of nitrogens with zero attached hydrogens (tertiary/aromatic N) is 1. The van der Waals surface area contributed by atoms with Crippen molar-refractivity contribution in [2.75, 3.05) is 0 Å². The van der Waals surface area contributed by atoms with E-state index >= 15 is 0 Å². The highest BCUT2D eigenvalue weighted by Crippen LogP contribution is 2.22. The molecule has 1 aliphatic rings. The Bertz CT molecular complexity index is 676. The Morgan fingerprint density at radius 1 is 1.26 bits per heavy atom. The summed E-state index contributed by atoms with van der Waals surface area (Å²) in [5.41, 5.74) is 2.18. The van der Waals surface area contributed by atoms with Gasteiger partial charge in [0.25, 0.3) is 0 Å². The van der Waals surface area contributed by atoms with Crippen LogP contribution in [0.5, 0.6) is 5.88 Å². The first-order chi connectivity index (χ1) is 9.20. The van der Waals surface area contributed by atoms with Gasteiger partial charge in [-0.25, -0.2) is 4.98 Å². The fraction of sp³-hybridized carbons (Fsp3) is 0.188. The average Bonchev–Trinajstić information content (AvgIpc) is 2.42. The van der Waals surface area contributed by atoms with Gasteiger partial charge < -0.3 is 4.74 Å². The first-order valence-electron chi connectivity index (χ1n) is 6.29. The van der Waals surface area contributed by atoms with E-state index in [1.807, 2.05) is 30.3 Å². The molecule has 0 bridgehead atoms. The van der Waals surface area contributed by atoms with Gasteiger partial charge in [0.15, 0.2) is 0 Å². The smallest absolute Gasteiger partial charge is 0.214 e. The molecule has 1 aliphatic carbocycles. The maximum atomic E-state index is 5.95. The molecule has 0 spiro atoms. The van der Waals surface area contributed by atoms with Gasteiger partial charge in [-0.2, -0.15) is 0 Å². The molecule has 0 amide bonds.